The second kappa shape index (κ2) is 8.07. The molecular weight excluding hydrogens is 260 g/mol. The zero-order valence-electron chi connectivity index (χ0n) is 11.6. The van der Waals surface area contributed by atoms with Crippen LogP contribution in [0, 0.1) is 5.92 Å². The highest BCUT2D eigenvalue weighted by Gasteiger charge is 2.13. The number of benzene rings is 1. The number of thioether (sulfide) groups is 1. The van der Waals surface area contributed by atoms with E-state index in [0.717, 1.165) is 11.4 Å². The van der Waals surface area contributed by atoms with Gasteiger partial charge in [-0.1, -0.05) is 19.1 Å². The lowest BCUT2D eigenvalue weighted by Crippen LogP contribution is -2.40. The van der Waals surface area contributed by atoms with E-state index in [-0.39, 0.29) is 24.6 Å². The predicted octanol–water partition coefficient (Wildman–Crippen LogP) is 2.69. The number of carbonyl (C=O) groups excluding carboxylic acids is 1. The van der Waals surface area contributed by atoms with Gasteiger partial charge < -0.3 is 15.7 Å². The summed E-state index contributed by atoms with van der Waals surface area (Å²) in [7, 11) is 0. The molecule has 1 aromatic rings. The topological polar surface area (TPSA) is 61.4 Å². The van der Waals surface area contributed by atoms with Gasteiger partial charge in [0.1, 0.15) is 0 Å². The summed E-state index contributed by atoms with van der Waals surface area (Å²) < 4.78 is 0. The van der Waals surface area contributed by atoms with E-state index in [1.54, 1.807) is 11.8 Å². The number of carbonyl (C=O) groups is 1. The van der Waals surface area contributed by atoms with Crippen molar-refractivity contribution in [1.82, 2.24) is 5.32 Å². The Morgan fingerprint density at radius 1 is 1.42 bits per heavy atom. The first-order valence-electron chi connectivity index (χ1n) is 6.33. The van der Waals surface area contributed by atoms with E-state index in [1.807, 2.05) is 44.4 Å². The first-order valence-corrected chi connectivity index (χ1v) is 7.72. The molecule has 0 aliphatic heterocycles. The van der Waals surface area contributed by atoms with Crippen LogP contribution in [0.15, 0.2) is 24.3 Å². The Morgan fingerprint density at radius 2 is 2.16 bits per heavy atom. The monoisotopic (exact) mass is 282 g/mol. The van der Waals surface area contributed by atoms with Crippen molar-refractivity contribution in [3.63, 3.8) is 0 Å². The molecule has 0 saturated carbocycles. The van der Waals surface area contributed by atoms with Crippen LogP contribution in [0.25, 0.3) is 0 Å². The van der Waals surface area contributed by atoms with Crippen LogP contribution in [0.1, 0.15) is 19.4 Å². The third kappa shape index (κ3) is 5.53. The van der Waals surface area contributed by atoms with Gasteiger partial charge in [0.15, 0.2) is 0 Å². The summed E-state index contributed by atoms with van der Waals surface area (Å²) in [5.74, 6) is 0.961. The molecule has 2 amide bonds. The average Bonchev–Trinajstić information content (AvgIpc) is 2.38. The second-order valence-corrected chi connectivity index (χ2v) is 5.55. The summed E-state index contributed by atoms with van der Waals surface area (Å²) in [6.07, 6.45) is 2.05. The molecule has 3 N–H and O–H groups in total. The summed E-state index contributed by atoms with van der Waals surface area (Å²) in [4.78, 5) is 11.8. The minimum atomic E-state index is -0.242. The molecule has 5 heteroatoms. The van der Waals surface area contributed by atoms with E-state index in [0.29, 0.717) is 0 Å². The number of nitrogens with one attached hydrogen (secondary N) is 2. The third-order valence-corrected chi connectivity index (χ3v) is 3.62. The van der Waals surface area contributed by atoms with Crippen molar-refractivity contribution in [2.75, 3.05) is 18.2 Å². The Hall–Kier alpha value is -1.20. The van der Waals surface area contributed by atoms with Crippen LogP contribution in [0.3, 0.4) is 0 Å². The molecule has 2 atom stereocenters. The lowest BCUT2D eigenvalue weighted by Gasteiger charge is -2.19. The molecule has 0 aliphatic rings. The number of hydrogen-bond acceptors (Lipinski definition) is 3. The SMILES string of the molecule is CSCc1cccc(NC(=O)N[C@H](C)[C@H](C)CO)c1. The van der Waals surface area contributed by atoms with Gasteiger partial charge >= 0.3 is 6.03 Å². The van der Waals surface area contributed by atoms with E-state index in [2.05, 4.69) is 10.6 Å². The van der Waals surface area contributed by atoms with Crippen LogP contribution in [0.5, 0.6) is 0 Å². The number of aliphatic hydroxyl groups excluding tert-OH is 1. The quantitative estimate of drug-likeness (QED) is 0.752. The zero-order valence-corrected chi connectivity index (χ0v) is 12.5. The highest BCUT2D eigenvalue weighted by molar-refractivity contribution is 7.97. The molecule has 1 aromatic carbocycles. The van der Waals surface area contributed by atoms with Gasteiger partial charge in [-0.15, -0.1) is 0 Å². The summed E-state index contributed by atoms with van der Waals surface area (Å²) in [5.41, 5.74) is 1.97. The van der Waals surface area contributed by atoms with Crippen LogP contribution < -0.4 is 10.6 Å². The van der Waals surface area contributed by atoms with Crippen LogP contribution in [0.2, 0.25) is 0 Å². The van der Waals surface area contributed by atoms with Crippen molar-refractivity contribution in [2.45, 2.75) is 25.6 Å². The number of urea groups is 1. The smallest absolute Gasteiger partial charge is 0.319 e. The minimum Gasteiger partial charge on any atom is -0.396 e. The number of hydrogen-bond donors (Lipinski definition) is 3. The van der Waals surface area contributed by atoms with Crippen molar-refractivity contribution in [3.05, 3.63) is 29.8 Å². The molecule has 0 aromatic heterocycles. The van der Waals surface area contributed by atoms with Crippen molar-refractivity contribution in [3.8, 4) is 0 Å². The van der Waals surface area contributed by atoms with E-state index in [4.69, 9.17) is 5.11 Å². The molecule has 0 bridgehead atoms. The molecule has 0 fully saturated rings. The van der Waals surface area contributed by atoms with Gasteiger partial charge in [-0.3, -0.25) is 0 Å². The Kier molecular flexibility index (Phi) is 6.73. The van der Waals surface area contributed by atoms with Crippen LogP contribution >= 0.6 is 11.8 Å². The van der Waals surface area contributed by atoms with Gasteiger partial charge in [0, 0.05) is 24.1 Å². The molecule has 0 saturated heterocycles. The maximum absolute atomic E-state index is 11.8. The number of aliphatic hydroxyl groups is 1. The summed E-state index contributed by atoms with van der Waals surface area (Å²) >= 11 is 1.74. The molecular formula is C14H22N2O2S. The lowest BCUT2D eigenvalue weighted by atomic mass is 10.1. The molecule has 0 radical (unpaired) electrons. The molecule has 19 heavy (non-hydrogen) atoms. The van der Waals surface area contributed by atoms with Gasteiger partial charge in [0.2, 0.25) is 0 Å². The molecule has 0 spiro atoms. The summed E-state index contributed by atoms with van der Waals surface area (Å²) in [5, 5.41) is 14.7. The Morgan fingerprint density at radius 3 is 2.79 bits per heavy atom. The summed E-state index contributed by atoms with van der Waals surface area (Å²) in [6.45, 7) is 3.83. The zero-order chi connectivity index (χ0) is 14.3. The minimum absolute atomic E-state index is 0.0357. The Labute approximate surface area is 119 Å². The van der Waals surface area contributed by atoms with E-state index < -0.39 is 0 Å². The maximum atomic E-state index is 11.8. The van der Waals surface area contributed by atoms with Crippen molar-refractivity contribution in [2.24, 2.45) is 5.92 Å². The predicted molar refractivity (Wildman–Crippen MR) is 81.5 cm³/mol. The molecule has 106 valence electrons. The van der Waals surface area contributed by atoms with Gasteiger partial charge in [-0.25, -0.2) is 4.79 Å². The van der Waals surface area contributed by atoms with E-state index in [1.165, 1.54) is 5.56 Å². The van der Waals surface area contributed by atoms with Crippen molar-refractivity contribution < 1.29 is 9.90 Å². The van der Waals surface area contributed by atoms with Gasteiger partial charge in [0.25, 0.3) is 0 Å². The first kappa shape index (κ1) is 15.9. The lowest BCUT2D eigenvalue weighted by molar-refractivity contribution is 0.204. The fourth-order valence-corrected chi connectivity index (χ4v) is 2.09. The number of amides is 2. The maximum Gasteiger partial charge on any atom is 0.319 e. The third-order valence-electron chi connectivity index (χ3n) is 3.00. The number of rotatable bonds is 6. The van der Waals surface area contributed by atoms with E-state index >= 15 is 0 Å². The van der Waals surface area contributed by atoms with Crippen LogP contribution in [-0.4, -0.2) is 30.0 Å². The highest BCUT2D eigenvalue weighted by Crippen LogP contribution is 2.15. The molecule has 1 rings (SSSR count). The molecule has 0 unspecified atom stereocenters. The Balaban J connectivity index is 2.54. The molecule has 0 aliphatic carbocycles. The van der Waals surface area contributed by atoms with Crippen LogP contribution in [0.4, 0.5) is 10.5 Å². The van der Waals surface area contributed by atoms with Gasteiger partial charge in [-0.05, 0) is 36.8 Å². The average molecular weight is 282 g/mol. The van der Waals surface area contributed by atoms with Crippen LogP contribution in [-0.2, 0) is 5.75 Å². The van der Waals surface area contributed by atoms with Crippen molar-refractivity contribution >= 4 is 23.5 Å². The highest BCUT2D eigenvalue weighted by atomic mass is 32.2. The van der Waals surface area contributed by atoms with Gasteiger partial charge in [-0.2, -0.15) is 11.8 Å². The standard InChI is InChI=1S/C14H22N2O2S/c1-10(8-17)11(2)15-14(18)16-13-6-4-5-12(7-13)9-19-3/h4-7,10-11,17H,8-9H2,1-3H3,(H2,15,16,18)/t10-,11-/m1/s1. The fraction of sp³-hybridized carbons (Fsp3) is 0.500. The van der Waals surface area contributed by atoms with E-state index in [9.17, 15) is 4.79 Å². The first-order chi connectivity index (χ1) is 9.06. The fourth-order valence-electron chi connectivity index (χ4n) is 1.58. The summed E-state index contributed by atoms with van der Waals surface area (Å²) in [6, 6.07) is 7.49. The largest absolute Gasteiger partial charge is 0.396 e. The molecule has 0 heterocycles. The van der Waals surface area contributed by atoms with Gasteiger partial charge in [0.05, 0.1) is 0 Å². The molecule has 4 nitrogen and oxygen atoms in total. The Bertz CT molecular complexity index is 412. The van der Waals surface area contributed by atoms with Crippen molar-refractivity contribution in [1.29, 1.82) is 0 Å². The normalized spacial score (nSPS) is 13.7. The second-order valence-electron chi connectivity index (χ2n) is 4.68. The number of anilines is 1.